The molecule has 0 spiro atoms. The number of imide groups is 1. The molecule has 13 heavy (non-hydrogen) atoms. The summed E-state index contributed by atoms with van der Waals surface area (Å²) in [5.74, 6) is -2.37. The number of hydrogen-bond donors (Lipinski definition) is 3. The molecular weight excluding hydrogens is 176 g/mol. The van der Waals surface area contributed by atoms with Crippen molar-refractivity contribution in [3.8, 4) is 0 Å². The van der Waals surface area contributed by atoms with Crippen LogP contribution in [0.25, 0.3) is 0 Å². The standard InChI is InChI=1S/C7H12N2O4/c1-2-5(10)9-6(11)3-4(8)7(12)13/h4H,2-3,8H2,1H3,(H,12,13)(H,9,10,11). The number of aliphatic carboxylic acids is 1. The molecule has 0 saturated heterocycles. The first-order chi connectivity index (χ1) is 5.97. The smallest absolute Gasteiger partial charge is 0.321 e. The van der Waals surface area contributed by atoms with Gasteiger partial charge in [0.05, 0.1) is 6.42 Å². The molecule has 0 heterocycles. The van der Waals surface area contributed by atoms with Gasteiger partial charge in [-0.15, -0.1) is 0 Å². The maximum atomic E-state index is 10.9. The number of carboxylic acids is 1. The van der Waals surface area contributed by atoms with E-state index in [9.17, 15) is 14.4 Å². The molecule has 4 N–H and O–H groups in total. The lowest BCUT2D eigenvalue weighted by Gasteiger charge is -2.05. The second-order valence-corrected chi connectivity index (χ2v) is 2.47. The van der Waals surface area contributed by atoms with Gasteiger partial charge >= 0.3 is 5.97 Å². The predicted molar refractivity (Wildman–Crippen MR) is 43.7 cm³/mol. The van der Waals surface area contributed by atoms with E-state index in [0.29, 0.717) is 0 Å². The van der Waals surface area contributed by atoms with Crippen LogP contribution in [-0.2, 0) is 14.4 Å². The molecule has 1 unspecified atom stereocenters. The van der Waals surface area contributed by atoms with Gasteiger partial charge in [0.1, 0.15) is 6.04 Å². The van der Waals surface area contributed by atoms with Crippen LogP contribution < -0.4 is 11.1 Å². The topological polar surface area (TPSA) is 109 Å². The molecular formula is C7H12N2O4. The van der Waals surface area contributed by atoms with Gasteiger partial charge in [0.15, 0.2) is 0 Å². The lowest BCUT2D eigenvalue weighted by molar-refractivity contribution is -0.141. The molecule has 74 valence electrons. The van der Waals surface area contributed by atoms with Crippen LogP contribution in [0.15, 0.2) is 0 Å². The molecule has 0 aliphatic heterocycles. The first-order valence-corrected chi connectivity index (χ1v) is 3.78. The molecule has 0 radical (unpaired) electrons. The van der Waals surface area contributed by atoms with Gasteiger partial charge in [0.25, 0.3) is 0 Å². The summed E-state index contributed by atoms with van der Waals surface area (Å²) in [5, 5.41) is 10.3. The van der Waals surface area contributed by atoms with Crippen LogP contribution in [-0.4, -0.2) is 28.9 Å². The van der Waals surface area contributed by atoms with Crippen molar-refractivity contribution in [2.45, 2.75) is 25.8 Å². The first-order valence-electron chi connectivity index (χ1n) is 3.78. The van der Waals surface area contributed by atoms with Crippen molar-refractivity contribution in [2.75, 3.05) is 0 Å². The molecule has 0 rings (SSSR count). The average Bonchev–Trinajstić information content (AvgIpc) is 2.03. The Hall–Kier alpha value is -1.43. The van der Waals surface area contributed by atoms with Gasteiger partial charge in [0.2, 0.25) is 11.8 Å². The van der Waals surface area contributed by atoms with E-state index in [1.807, 2.05) is 5.32 Å². The fraction of sp³-hybridized carbons (Fsp3) is 0.571. The van der Waals surface area contributed by atoms with Crippen molar-refractivity contribution < 1.29 is 19.5 Å². The van der Waals surface area contributed by atoms with Crippen molar-refractivity contribution in [1.82, 2.24) is 5.32 Å². The number of carboxylic acid groups (broad SMARTS) is 1. The van der Waals surface area contributed by atoms with Crippen molar-refractivity contribution in [1.29, 1.82) is 0 Å². The summed E-state index contributed by atoms with van der Waals surface area (Å²) in [7, 11) is 0. The minimum atomic E-state index is -1.26. The highest BCUT2D eigenvalue weighted by molar-refractivity contribution is 5.96. The quantitative estimate of drug-likeness (QED) is 0.515. The van der Waals surface area contributed by atoms with Gasteiger partial charge in [-0.1, -0.05) is 6.92 Å². The normalized spacial score (nSPS) is 11.8. The maximum absolute atomic E-state index is 10.9. The highest BCUT2D eigenvalue weighted by Gasteiger charge is 2.16. The summed E-state index contributed by atoms with van der Waals surface area (Å²) in [5.41, 5.74) is 5.06. The van der Waals surface area contributed by atoms with Crippen molar-refractivity contribution in [3.05, 3.63) is 0 Å². The van der Waals surface area contributed by atoms with E-state index in [1.54, 1.807) is 6.92 Å². The van der Waals surface area contributed by atoms with Crippen LogP contribution in [0.1, 0.15) is 19.8 Å². The Balaban J connectivity index is 3.88. The zero-order valence-corrected chi connectivity index (χ0v) is 7.24. The van der Waals surface area contributed by atoms with Crippen molar-refractivity contribution >= 4 is 17.8 Å². The maximum Gasteiger partial charge on any atom is 0.321 e. The van der Waals surface area contributed by atoms with Crippen LogP contribution in [0, 0.1) is 0 Å². The molecule has 6 heteroatoms. The summed E-state index contributed by atoms with van der Waals surface area (Å²) in [6.45, 7) is 1.58. The third-order valence-electron chi connectivity index (χ3n) is 1.32. The number of nitrogens with two attached hydrogens (primary N) is 1. The number of amides is 2. The van der Waals surface area contributed by atoms with Gasteiger partial charge < -0.3 is 10.8 Å². The Morgan fingerprint density at radius 1 is 1.38 bits per heavy atom. The van der Waals surface area contributed by atoms with E-state index in [4.69, 9.17) is 10.8 Å². The number of hydrogen-bond acceptors (Lipinski definition) is 4. The molecule has 0 aromatic heterocycles. The third kappa shape index (κ3) is 4.91. The molecule has 0 aromatic carbocycles. The van der Waals surface area contributed by atoms with Gasteiger partial charge in [-0.05, 0) is 0 Å². The number of carbonyl (C=O) groups excluding carboxylic acids is 2. The monoisotopic (exact) mass is 188 g/mol. The summed E-state index contributed by atoms with van der Waals surface area (Å²) in [6, 6.07) is -1.26. The van der Waals surface area contributed by atoms with Crippen molar-refractivity contribution in [3.63, 3.8) is 0 Å². The largest absolute Gasteiger partial charge is 0.480 e. The van der Waals surface area contributed by atoms with Crippen LogP contribution in [0.2, 0.25) is 0 Å². The zero-order chi connectivity index (χ0) is 10.4. The molecule has 0 fully saturated rings. The summed E-state index contributed by atoms with van der Waals surface area (Å²) < 4.78 is 0. The molecule has 0 bridgehead atoms. The fourth-order valence-electron chi connectivity index (χ4n) is 0.582. The zero-order valence-electron chi connectivity index (χ0n) is 7.24. The van der Waals surface area contributed by atoms with E-state index in [1.165, 1.54) is 0 Å². The predicted octanol–water partition coefficient (Wildman–Crippen LogP) is -1.16. The van der Waals surface area contributed by atoms with Crippen LogP contribution in [0.4, 0.5) is 0 Å². The number of nitrogens with one attached hydrogen (secondary N) is 1. The Kier molecular flexibility index (Phi) is 4.68. The molecule has 0 aliphatic carbocycles. The lowest BCUT2D eigenvalue weighted by Crippen LogP contribution is -2.38. The van der Waals surface area contributed by atoms with E-state index < -0.39 is 23.8 Å². The average molecular weight is 188 g/mol. The highest BCUT2D eigenvalue weighted by Crippen LogP contribution is 1.88. The summed E-state index contributed by atoms with van der Waals surface area (Å²) in [6.07, 6.45) is -0.213. The Morgan fingerprint density at radius 2 is 1.92 bits per heavy atom. The van der Waals surface area contributed by atoms with E-state index in [-0.39, 0.29) is 12.8 Å². The second-order valence-electron chi connectivity index (χ2n) is 2.47. The SMILES string of the molecule is CCC(=O)NC(=O)CC(N)C(=O)O. The molecule has 6 nitrogen and oxygen atoms in total. The highest BCUT2D eigenvalue weighted by atomic mass is 16.4. The minimum absolute atomic E-state index is 0.175. The Bertz CT molecular complexity index is 227. The molecule has 2 amide bonds. The Morgan fingerprint density at radius 3 is 2.31 bits per heavy atom. The fourth-order valence-corrected chi connectivity index (χ4v) is 0.582. The van der Waals surface area contributed by atoms with Gasteiger partial charge in [-0.3, -0.25) is 19.7 Å². The van der Waals surface area contributed by atoms with Crippen LogP contribution >= 0.6 is 0 Å². The lowest BCUT2D eigenvalue weighted by atomic mass is 10.2. The van der Waals surface area contributed by atoms with Gasteiger partial charge in [-0.2, -0.15) is 0 Å². The number of rotatable bonds is 4. The third-order valence-corrected chi connectivity index (χ3v) is 1.32. The summed E-state index contributed by atoms with van der Waals surface area (Å²) >= 11 is 0. The first kappa shape index (κ1) is 11.6. The minimum Gasteiger partial charge on any atom is -0.480 e. The van der Waals surface area contributed by atoms with Gasteiger partial charge in [-0.25, -0.2) is 0 Å². The molecule has 0 saturated carbocycles. The van der Waals surface area contributed by atoms with E-state index in [0.717, 1.165) is 0 Å². The second kappa shape index (κ2) is 5.26. The van der Waals surface area contributed by atoms with Crippen LogP contribution in [0.5, 0.6) is 0 Å². The van der Waals surface area contributed by atoms with Crippen LogP contribution in [0.3, 0.4) is 0 Å². The molecule has 0 aromatic rings. The summed E-state index contributed by atoms with van der Waals surface area (Å²) in [4.78, 5) is 31.7. The molecule has 0 aliphatic rings. The van der Waals surface area contributed by atoms with Gasteiger partial charge in [0, 0.05) is 6.42 Å². The molecule has 1 atom stereocenters. The Labute approximate surface area is 75.1 Å². The van der Waals surface area contributed by atoms with Crippen molar-refractivity contribution in [2.24, 2.45) is 5.73 Å². The van der Waals surface area contributed by atoms with E-state index in [2.05, 4.69) is 0 Å². The van der Waals surface area contributed by atoms with E-state index >= 15 is 0 Å². The number of carbonyl (C=O) groups is 3.